The van der Waals surface area contributed by atoms with Crippen molar-refractivity contribution in [2.24, 2.45) is 11.8 Å². The zero-order valence-corrected chi connectivity index (χ0v) is 10.5. The molecule has 2 N–H and O–H groups in total. The normalized spacial score (nSPS) is 24.9. The maximum Gasteiger partial charge on any atom is 0.0697 e. The van der Waals surface area contributed by atoms with Gasteiger partial charge in [-0.3, -0.25) is 0 Å². The molecule has 0 aliphatic carbocycles. The minimum absolute atomic E-state index is 0.116. The first-order valence-electron chi connectivity index (χ1n) is 5.64. The summed E-state index contributed by atoms with van der Waals surface area (Å²) < 4.78 is 0. The summed E-state index contributed by atoms with van der Waals surface area (Å²) in [7, 11) is 0. The van der Waals surface area contributed by atoms with Crippen molar-refractivity contribution >= 4 is 0 Å². The molecule has 0 radical (unpaired) electrons. The van der Waals surface area contributed by atoms with Gasteiger partial charge < -0.3 is 10.2 Å². The summed E-state index contributed by atoms with van der Waals surface area (Å²) >= 11 is 0. The predicted molar refractivity (Wildman–Crippen MR) is 60.2 cm³/mol. The van der Waals surface area contributed by atoms with Crippen LogP contribution < -0.4 is 0 Å². The Morgan fingerprint density at radius 3 is 1.79 bits per heavy atom. The molecule has 0 amide bonds. The second kappa shape index (κ2) is 4.63. The van der Waals surface area contributed by atoms with Gasteiger partial charge in [0.1, 0.15) is 0 Å². The largest absolute Gasteiger partial charge is 0.390 e. The summed E-state index contributed by atoms with van der Waals surface area (Å²) in [6.45, 7) is 11.6. The SMILES string of the molecule is CCC(C)C(C)(O)C(C)C(C)(O)CC. The van der Waals surface area contributed by atoms with Crippen LogP contribution in [0.3, 0.4) is 0 Å². The molecule has 2 heteroatoms. The Kier molecular flexibility index (Phi) is 4.60. The lowest BCUT2D eigenvalue weighted by molar-refractivity contribution is -0.127. The Balaban J connectivity index is 4.73. The van der Waals surface area contributed by atoms with E-state index >= 15 is 0 Å². The van der Waals surface area contributed by atoms with Gasteiger partial charge in [0, 0.05) is 5.92 Å². The summed E-state index contributed by atoms with van der Waals surface area (Å²) in [5, 5.41) is 20.5. The van der Waals surface area contributed by atoms with Gasteiger partial charge in [0.25, 0.3) is 0 Å². The maximum absolute atomic E-state index is 10.4. The van der Waals surface area contributed by atoms with E-state index in [1.165, 1.54) is 0 Å². The van der Waals surface area contributed by atoms with E-state index < -0.39 is 11.2 Å². The highest BCUT2D eigenvalue weighted by Crippen LogP contribution is 2.36. The van der Waals surface area contributed by atoms with E-state index in [9.17, 15) is 10.2 Å². The Bertz CT molecular complexity index is 173. The first kappa shape index (κ1) is 13.9. The molecule has 0 spiro atoms. The van der Waals surface area contributed by atoms with Crippen LogP contribution in [0.1, 0.15) is 54.4 Å². The van der Waals surface area contributed by atoms with E-state index in [1.807, 2.05) is 27.7 Å². The fraction of sp³-hybridized carbons (Fsp3) is 1.00. The third kappa shape index (κ3) is 2.71. The van der Waals surface area contributed by atoms with Gasteiger partial charge in [0.2, 0.25) is 0 Å². The molecular formula is C12H26O2. The van der Waals surface area contributed by atoms with E-state index in [0.717, 1.165) is 6.42 Å². The predicted octanol–water partition coefficient (Wildman–Crippen LogP) is 2.58. The van der Waals surface area contributed by atoms with Gasteiger partial charge in [-0.05, 0) is 26.2 Å². The summed E-state index contributed by atoms with van der Waals surface area (Å²) in [5.41, 5.74) is -1.58. The fourth-order valence-corrected chi connectivity index (χ4v) is 1.78. The summed E-state index contributed by atoms with van der Waals surface area (Å²) in [4.78, 5) is 0. The standard InChI is InChI=1S/C12H26O2/c1-7-9(3)12(6,14)10(4)11(5,13)8-2/h9-10,13-14H,7-8H2,1-6H3. The van der Waals surface area contributed by atoms with E-state index in [0.29, 0.717) is 6.42 Å². The average molecular weight is 202 g/mol. The third-order valence-corrected chi connectivity index (χ3v) is 4.14. The van der Waals surface area contributed by atoms with Crippen molar-refractivity contribution in [1.82, 2.24) is 0 Å². The van der Waals surface area contributed by atoms with E-state index in [2.05, 4.69) is 6.92 Å². The van der Waals surface area contributed by atoms with Crippen LogP contribution in [0.4, 0.5) is 0 Å². The lowest BCUT2D eigenvalue weighted by atomic mass is 9.70. The van der Waals surface area contributed by atoms with Crippen molar-refractivity contribution in [1.29, 1.82) is 0 Å². The van der Waals surface area contributed by atoms with Crippen molar-refractivity contribution in [3.63, 3.8) is 0 Å². The molecule has 0 heterocycles. The molecule has 0 bridgehead atoms. The fourth-order valence-electron chi connectivity index (χ4n) is 1.78. The van der Waals surface area contributed by atoms with E-state index in [4.69, 9.17) is 0 Å². The number of hydrogen-bond acceptors (Lipinski definition) is 2. The Labute approximate surface area is 88.3 Å². The summed E-state index contributed by atoms with van der Waals surface area (Å²) in [6, 6.07) is 0. The molecule has 0 aliphatic rings. The summed E-state index contributed by atoms with van der Waals surface area (Å²) in [6.07, 6.45) is 1.60. The Hall–Kier alpha value is -0.0800. The van der Waals surface area contributed by atoms with Crippen LogP contribution in [0.5, 0.6) is 0 Å². The number of hydrogen-bond donors (Lipinski definition) is 2. The van der Waals surface area contributed by atoms with Crippen molar-refractivity contribution in [3.8, 4) is 0 Å². The van der Waals surface area contributed by atoms with Crippen LogP contribution in [0.15, 0.2) is 0 Å². The Morgan fingerprint density at radius 2 is 1.50 bits per heavy atom. The molecule has 4 atom stereocenters. The molecule has 2 nitrogen and oxygen atoms in total. The molecule has 4 unspecified atom stereocenters. The van der Waals surface area contributed by atoms with Gasteiger partial charge >= 0.3 is 0 Å². The minimum Gasteiger partial charge on any atom is -0.390 e. The Morgan fingerprint density at radius 1 is 1.07 bits per heavy atom. The average Bonchev–Trinajstić information content (AvgIpc) is 2.15. The molecule has 0 aliphatic heterocycles. The molecule has 0 aromatic rings. The van der Waals surface area contributed by atoms with E-state index in [1.54, 1.807) is 6.92 Å². The minimum atomic E-state index is -0.797. The third-order valence-electron chi connectivity index (χ3n) is 4.14. The van der Waals surface area contributed by atoms with Crippen molar-refractivity contribution < 1.29 is 10.2 Å². The lowest BCUT2D eigenvalue weighted by Crippen LogP contribution is -2.50. The summed E-state index contributed by atoms with van der Waals surface area (Å²) in [5.74, 6) is 0.0884. The van der Waals surface area contributed by atoms with Gasteiger partial charge in [-0.2, -0.15) is 0 Å². The highest BCUT2D eigenvalue weighted by Gasteiger charge is 2.42. The van der Waals surface area contributed by atoms with Crippen LogP contribution >= 0.6 is 0 Å². The maximum atomic E-state index is 10.4. The molecule has 14 heavy (non-hydrogen) atoms. The van der Waals surface area contributed by atoms with Crippen LogP contribution in [-0.4, -0.2) is 21.4 Å². The van der Waals surface area contributed by atoms with Crippen molar-refractivity contribution in [2.75, 3.05) is 0 Å². The zero-order chi connectivity index (χ0) is 11.6. The topological polar surface area (TPSA) is 40.5 Å². The number of aliphatic hydroxyl groups is 2. The van der Waals surface area contributed by atoms with Crippen LogP contribution in [-0.2, 0) is 0 Å². The second-order valence-electron chi connectivity index (χ2n) is 4.97. The van der Waals surface area contributed by atoms with Gasteiger partial charge in [0.15, 0.2) is 0 Å². The van der Waals surface area contributed by atoms with E-state index in [-0.39, 0.29) is 11.8 Å². The molecule has 0 fully saturated rings. The van der Waals surface area contributed by atoms with Gasteiger partial charge in [-0.25, -0.2) is 0 Å². The zero-order valence-electron chi connectivity index (χ0n) is 10.5. The smallest absolute Gasteiger partial charge is 0.0697 e. The van der Waals surface area contributed by atoms with Crippen LogP contribution in [0.25, 0.3) is 0 Å². The van der Waals surface area contributed by atoms with Gasteiger partial charge in [-0.15, -0.1) is 0 Å². The molecule has 0 aromatic heterocycles. The first-order valence-corrected chi connectivity index (χ1v) is 5.64. The van der Waals surface area contributed by atoms with Crippen molar-refractivity contribution in [2.45, 2.75) is 65.6 Å². The molecule has 0 saturated heterocycles. The molecule has 0 saturated carbocycles. The molecule has 0 aromatic carbocycles. The second-order valence-corrected chi connectivity index (χ2v) is 4.97. The molecular weight excluding hydrogens is 176 g/mol. The van der Waals surface area contributed by atoms with Gasteiger partial charge in [0.05, 0.1) is 11.2 Å². The highest BCUT2D eigenvalue weighted by molar-refractivity contribution is 4.93. The highest BCUT2D eigenvalue weighted by atomic mass is 16.3. The van der Waals surface area contributed by atoms with Gasteiger partial charge in [-0.1, -0.05) is 34.1 Å². The van der Waals surface area contributed by atoms with Crippen LogP contribution in [0, 0.1) is 11.8 Å². The molecule has 86 valence electrons. The van der Waals surface area contributed by atoms with Crippen LogP contribution in [0.2, 0.25) is 0 Å². The monoisotopic (exact) mass is 202 g/mol. The molecule has 0 rings (SSSR count). The first-order chi connectivity index (χ1) is 6.20. The quantitative estimate of drug-likeness (QED) is 0.719. The van der Waals surface area contributed by atoms with Crippen molar-refractivity contribution in [3.05, 3.63) is 0 Å². The lowest BCUT2D eigenvalue weighted by Gasteiger charge is -2.43. The number of rotatable bonds is 5.